The van der Waals surface area contributed by atoms with Crippen LogP contribution in [0.5, 0.6) is 0 Å². The zero-order valence-electron chi connectivity index (χ0n) is 16.1. The minimum absolute atomic E-state index is 0.0842. The highest BCUT2D eigenvalue weighted by atomic mass is 35.5. The molecule has 28 heavy (non-hydrogen) atoms. The summed E-state index contributed by atoms with van der Waals surface area (Å²) in [5.74, 6) is 0. The minimum atomic E-state index is -3.50. The van der Waals surface area contributed by atoms with E-state index in [2.05, 4.69) is 36.1 Å². The van der Waals surface area contributed by atoms with Crippen LogP contribution in [0.2, 0.25) is 5.02 Å². The van der Waals surface area contributed by atoms with Gasteiger partial charge in [0.2, 0.25) is 15.2 Å². The summed E-state index contributed by atoms with van der Waals surface area (Å²) >= 11 is 12.7. The van der Waals surface area contributed by atoms with E-state index in [1.54, 1.807) is 28.9 Å². The van der Waals surface area contributed by atoms with Crippen LogP contribution in [0.15, 0.2) is 29.2 Å². The minimum Gasteiger partial charge on any atom is -0.356 e. The first kappa shape index (κ1) is 21.7. The summed E-state index contributed by atoms with van der Waals surface area (Å²) in [5, 5.41) is 9.19. The van der Waals surface area contributed by atoms with Crippen molar-refractivity contribution in [2.75, 3.05) is 31.5 Å². The van der Waals surface area contributed by atoms with E-state index >= 15 is 0 Å². The van der Waals surface area contributed by atoms with Crippen molar-refractivity contribution in [3.63, 3.8) is 0 Å². The molecule has 7 nitrogen and oxygen atoms in total. The summed E-state index contributed by atoms with van der Waals surface area (Å²) in [4.78, 5) is 2.43. The Labute approximate surface area is 180 Å². The number of hydrogen-bond donors (Lipinski definition) is 1. The average Bonchev–Trinajstić information content (AvgIpc) is 2.93. The van der Waals surface area contributed by atoms with E-state index in [0.29, 0.717) is 41.8 Å². The third kappa shape index (κ3) is 5.31. The number of hydrogen-bond acceptors (Lipinski definition) is 7. The Morgan fingerprint density at radius 1 is 1.18 bits per heavy atom. The highest BCUT2D eigenvalue weighted by Gasteiger charge is 2.28. The molecule has 3 rings (SSSR count). The topological polar surface area (TPSA) is 70.5 Å². The molecule has 1 aromatic heterocycles. The number of rotatable bonds is 5. The quantitative estimate of drug-likeness (QED) is 0.687. The van der Waals surface area contributed by atoms with Gasteiger partial charge in [-0.2, -0.15) is 4.31 Å². The lowest BCUT2D eigenvalue weighted by Crippen LogP contribution is -2.48. The molecule has 2 aromatic rings. The first-order valence-electron chi connectivity index (χ1n) is 8.89. The molecule has 1 N–H and O–H groups in total. The van der Waals surface area contributed by atoms with Gasteiger partial charge in [-0.25, -0.2) is 13.1 Å². The standard InChI is InChI=1S/C17H24ClN5O2S3/c1-17(2,3)19-15-20-23(16(26)27-15)12-21-8-10-22(11-9-21)28(24,25)14-6-4-13(18)5-7-14/h4-7H,8-12H2,1-3H3,(H,19,20). The molecule has 0 radical (unpaired) electrons. The monoisotopic (exact) mass is 461 g/mol. The summed E-state index contributed by atoms with van der Waals surface area (Å²) in [6.45, 7) is 8.86. The smallest absolute Gasteiger partial charge is 0.243 e. The van der Waals surface area contributed by atoms with Gasteiger partial charge < -0.3 is 5.32 Å². The van der Waals surface area contributed by atoms with Crippen molar-refractivity contribution in [2.24, 2.45) is 0 Å². The van der Waals surface area contributed by atoms with Crippen LogP contribution in [-0.2, 0) is 16.7 Å². The molecule has 154 valence electrons. The van der Waals surface area contributed by atoms with Gasteiger partial charge in [0.25, 0.3) is 0 Å². The Kier molecular flexibility index (Phi) is 6.48. The number of piperazine rings is 1. The van der Waals surface area contributed by atoms with Crippen LogP contribution in [0.3, 0.4) is 0 Å². The van der Waals surface area contributed by atoms with E-state index in [4.69, 9.17) is 23.8 Å². The number of halogens is 1. The zero-order chi connectivity index (χ0) is 20.5. The summed E-state index contributed by atoms with van der Waals surface area (Å²) < 4.78 is 29.6. The Balaban J connectivity index is 1.61. The van der Waals surface area contributed by atoms with Gasteiger partial charge in [0.05, 0.1) is 11.6 Å². The second kappa shape index (κ2) is 8.37. The Bertz CT molecular complexity index is 971. The molecule has 0 unspecified atom stereocenters. The van der Waals surface area contributed by atoms with Crippen LogP contribution >= 0.6 is 35.2 Å². The zero-order valence-corrected chi connectivity index (χ0v) is 19.3. The maximum Gasteiger partial charge on any atom is 0.243 e. The third-order valence-corrected chi connectivity index (χ3v) is 7.59. The molecular weight excluding hydrogens is 438 g/mol. The molecule has 0 amide bonds. The van der Waals surface area contributed by atoms with Crippen LogP contribution in [0.25, 0.3) is 0 Å². The van der Waals surface area contributed by atoms with Gasteiger partial charge in [0.1, 0.15) is 0 Å². The van der Waals surface area contributed by atoms with E-state index in [1.807, 2.05) is 0 Å². The molecule has 0 bridgehead atoms. The van der Waals surface area contributed by atoms with Crippen LogP contribution in [0, 0.1) is 3.95 Å². The van der Waals surface area contributed by atoms with Crippen molar-refractivity contribution < 1.29 is 8.42 Å². The highest BCUT2D eigenvalue weighted by Crippen LogP contribution is 2.22. The van der Waals surface area contributed by atoms with Crippen molar-refractivity contribution in [2.45, 2.75) is 37.9 Å². The SMILES string of the molecule is CC(C)(C)Nc1nn(CN2CCN(S(=O)(=O)c3ccc(Cl)cc3)CC2)c(=S)s1. The van der Waals surface area contributed by atoms with E-state index < -0.39 is 10.0 Å². The predicted octanol–water partition coefficient (Wildman–Crippen LogP) is 3.50. The number of sulfonamides is 1. The summed E-state index contributed by atoms with van der Waals surface area (Å²) in [6, 6.07) is 6.28. The van der Waals surface area contributed by atoms with Crippen LogP contribution in [0.4, 0.5) is 5.13 Å². The molecule has 2 heterocycles. The molecule has 1 aliphatic heterocycles. The van der Waals surface area contributed by atoms with Gasteiger partial charge in [-0.3, -0.25) is 4.90 Å². The van der Waals surface area contributed by atoms with E-state index in [0.717, 1.165) is 5.13 Å². The van der Waals surface area contributed by atoms with Crippen molar-refractivity contribution in [3.8, 4) is 0 Å². The fourth-order valence-electron chi connectivity index (χ4n) is 2.82. The fourth-order valence-corrected chi connectivity index (χ4v) is 5.57. The lowest BCUT2D eigenvalue weighted by molar-refractivity contribution is 0.145. The molecule has 1 saturated heterocycles. The number of anilines is 1. The second-order valence-corrected chi connectivity index (χ2v) is 11.7. The molecule has 11 heteroatoms. The lowest BCUT2D eigenvalue weighted by atomic mass is 10.1. The van der Waals surface area contributed by atoms with E-state index in [1.165, 1.54) is 15.6 Å². The van der Waals surface area contributed by atoms with E-state index in [-0.39, 0.29) is 10.4 Å². The Morgan fingerprint density at radius 3 is 2.36 bits per heavy atom. The molecular formula is C17H24ClN5O2S3. The maximum atomic E-state index is 12.8. The number of benzene rings is 1. The molecule has 1 fully saturated rings. The van der Waals surface area contributed by atoms with Crippen LogP contribution in [-0.4, -0.2) is 59.1 Å². The van der Waals surface area contributed by atoms with Crippen molar-refractivity contribution in [1.29, 1.82) is 0 Å². The summed E-state index contributed by atoms with van der Waals surface area (Å²) in [6.07, 6.45) is 0. The fraction of sp³-hybridized carbons (Fsp3) is 0.529. The summed E-state index contributed by atoms with van der Waals surface area (Å²) in [7, 11) is -3.50. The number of nitrogens with zero attached hydrogens (tertiary/aromatic N) is 4. The van der Waals surface area contributed by atoms with Gasteiger partial charge in [0, 0.05) is 36.7 Å². The second-order valence-electron chi connectivity index (χ2n) is 7.67. The Morgan fingerprint density at radius 2 is 1.79 bits per heavy atom. The number of aromatic nitrogens is 2. The van der Waals surface area contributed by atoms with E-state index in [9.17, 15) is 8.42 Å². The van der Waals surface area contributed by atoms with Crippen molar-refractivity contribution in [3.05, 3.63) is 33.2 Å². The van der Waals surface area contributed by atoms with Crippen LogP contribution in [0.1, 0.15) is 20.8 Å². The molecule has 0 aliphatic carbocycles. The molecule has 0 atom stereocenters. The van der Waals surface area contributed by atoms with Gasteiger partial charge in [-0.1, -0.05) is 22.9 Å². The first-order chi connectivity index (χ1) is 13.0. The van der Waals surface area contributed by atoms with Crippen molar-refractivity contribution >= 4 is 50.3 Å². The molecule has 0 saturated carbocycles. The number of nitrogens with one attached hydrogen (secondary N) is 1. The molecule has 1 aromatic carbocycles. The predicted molar refractivity (Wildman–Crippen MR) is 116 cm³/mol. The van der Waals surface area contributed by atoms with Crippen LogP contribution < -0.4 is 5.32 Å². The van der Waals surface area contributed by atoms with Gasteiger partial charge in [-0.05, 0) is 57.3 Å². The molecule has 1 aliphatic rings. The van der Waals surface area contributed by atoms with Crippen molar-refractivity contribution in [1.82, 2.24) is 19.0 Å². The molecule has 0 spiro atoms. The van der Waals surface area contributed by atoms with Gasteiger partial charge in [-0.15, -0.1) is 5.10 Å². The first-order valence-corrected chi connectivity index (χ1v) is 11.9. The lowest BCUT2D eigenvalue weighted by Gasteiger charge is -2.33. The maximum absolute atomic E-state index is 12.8. The largest absolute Gasteiger partial charge is 0.356 e. The third-order valence-electron chi connectivity index (χ3n) is 4.20. The van der Waals surface area contributed by atoms with Gasteiger partial charge in [0.15, 0.2) is 3.95 Å². The Hall–Kier alpha value is -1.04. The highest BCUT2D eigenvalue weighted by molar-refractivity contribution is 7.89. The average molecular weight is 462 g/mol. The normalized spacial score (nSPS) is 17.0. The summed E-state index contributed by atoms with van der Waals surface area (Å²) in [5.41, 5.74) is -0.0842. The van der Waals surface area contributed by atoms with Gasteiger partial charge >= 0.3 is 0 Å².